The lowest BCUT2D eigenvalue weighted by Crippen LogP contribution is -3.27. The minimum Gasteiger partial charge on any atom is -0.454 e. The first-order valence-electron chi connectivity index (χ1n) is 11.0. The lowest BCUT2D eigenvalue weighted by atomic mass is 10.0. The van der Waals surface area contributed by atoms with E-state index in [4.69, 9.17) is 14.2 Å². The van der Waals surface area contributed by atoms with E-state index in [0.717, 1.165) is 56.5 Å². The lowest BCUT2D eigenvalue weighted by molar-refractivity contribution is -1.03. The van der Waals surface area contributed by atoms with Crippen LogP contribution >= 0.6 is 0 Å². The molecule has 3 heterocycles. The maximum absolute atomic E-state index is 5.53. The van der Waals surface area contributed by atoms with E-state index >= 15 is 0 Å². The third-order valence-corrected chi connectivity index (χ3v) is 6.07. The van der Waals surface area contributed by atoms with Crippen molar-refractivity contribution in [3.05, 3.63) is 29.6 Å². The molecule has 1 aromatic carbocycles. The number of aromatic nitrogens is 4. The molecule has 2 aliphatic heterocycles. The summed E-state index contributed by atoms with van der Waals surface area (Å²) in [5, 5.41) is 12.6. The quantitative estimate of drug-likeness (QED) is 0.551. The molecule has 164 valence electrons. The van der Waals surface area contributed by atoms with Crippen molar-refractivity contribution in [1.29, 1.82) is 0 Å². The van der Waals surface area contributed by atoms with Crippen LogP contribution in [-0.2, 0) is 17.8 Å². The fraction of sp³-hybridized carbons (Fsp3) is 0.667. The Labute approximate surface area is 177 Å². The molecule has 0 bridgehead atoms. The van der Waals surface area contributed by atoms with Crippen LogP contribution in [0.15, 0.2) is 18.2 Å². The second-order valence-electron chi connectivity index (χ2n) is 8.71. The Morgan fingerprint density at radius 1 is 1.13 bits per heavy atom. The number of fused-ring (bicyclic) bond motifs is 1. The standard InChI is InChI=1S/C21H32N6O3/c1-16(2)12-18(21-22-23-24-27(21)10-11-28-3)26-8-6-25(7-9-26)14-17-4-5-19-20(13-17)30-15-29-19/h4-5,13,16,18H,6-12,14-15H2,1-3H3/p+2/t18-/m1/s1. The number of tetrazole rings is 1. The number of quaternary nitrogens is 2. The number of methoxy groups -OCH3 is 1. The van der Waals surface area contributed by atoms with E-state index in [9.17, 15) is 0 Å². The highest BCUT2D eigenvalue weighted by atomic mass is 16.7. The Bertz CT molecular complexity index is 819. The third kappa shape index (κ3) is 4.91. The van der Waals surface area contributed by atoms with Crippen molar-refractivity contribution in [2.45, 2.75) is 39.4 Å². The summed E-state index contributed by atoms with van der Waals surface area (Å²) in [6, 6.07) is 6.63. The molecule has 30 heavy (non-hydrogen) atoms. The van der Waals surface area contributed by atoms with Gasteiger partial charge in [-0.25, -0.2) is 4.68 Å². The van der Waals surface area contributed by atoms with E-state index in [1.807, 2.05) is 10.7 Å². The average molecular weight is 419 g/mol. The zero-order valence-electron chi connectivity index (χ0n) is 18.3. The molecule has 9 heteroatoms. The van der Waals surface area contributed by atoms with Crippen LogP contribution in [0.25, 0.3) is 0 Å². The summed E-state index contributed by atoms with van der Waals surface area (Å²) in [6.45, 7) is 11.7. The summed E-state index contributed by atoms with van der Waals surface area (Å²) in [7, 11) is 1.71. The predicted molar refractivity (Wildman–Crippen MR) is 110 cm³/mol. The molecule has 2 aliphatic rings. The van der Waals surface area contributed by atoms with Gasteiger partial charge in [0.25, 0.3) is 0 Å². The highest BCUT2D eigenvalue weighted by Gasteiger charge is 2.34. The van der Waals surface area contributed by atoms with E-state index in [1.165, 1.54) is 5.56 Å². The molecular formula is C21H34N6O3+2. The Morgan fingerprint density at radius 3 is 2.70 bits per heavy atom. The molecule has 4 rings (SSSR count). The maximum atomic E-state index is 5.53. The molecule has 0 saturated carbocycles. The number of ether oxygens (including phenoxy) is 3. The van der Waals surface area contributed by atoms with Crippen LogP contribution < -0.4 is 19.3 Å². The third-order valence-electron chi connectivity index (χ3n) is 6.07. The van der Waals surface area contributed by atoms with Crippen LogP contribution in [-0.4, -0.2) is 66.9 Å². The fourth-order valence-corrected chi connectivity index (χ4v) is 4.51. The largest absolute Gasteiger partial charge is 0.454 e. The van der Waals surface area contributed by atoms with Crippen LogP contribution in [0.3, 0.4) is 0 Å². The normalized spacial score (nSPS) is 21.9. The van der Waals surface area contributed by atoms with Gasteiger partial charge in [-0.2, -0.15) is 0 Å². The molecule has 2 aromatic rings. The number of nitrogens with one attached hydrogen (secondary N) is 2. The molecule has 0 aliphatic carbocycles. The van der Waals surface area contributed by atoms with Gasteiger partial charge >= 0.3 is 0 Å². The molecule has 1 fully saturated rings. The number of nitrogens with zero attached hydrogens (tertiary/aromatic N) is 4. The molecule has 1 atom stereocenters. The van der Waals surface area contributed by atoms with E-state index in [0.29, 0.717) is 31.9 Å². The minimum atomic E-state index is 0.323. The van der Waals surface area contributed by atoms with Gasteiger partial charge in [0.1, 0.15) is 32.7 Å². The Hall–Kier alpha value is -2.23. The molecule has 0 spiro atoms. The fourth-order valence-electron chi connectivity index (χ4n) is 4.51. The smallest absolute Gasteiger partial charge is 0.231 e. The summed E-state index contributed by atoms with van der Waals surface area (Å²) in [6.07, 6.45) is 1.08. The zero-order valence-corrected chi connectivity index (χ0v) is 18.3. The molecule has 0 amide bonds. The van der Waals surface area contributed by atoms with Gasteiger partial charge in [-0.1, -0.05) is 13.8 Å². The molecule has 2 N–H and O–H groups in total. The summed E-state index contributed by atoms with van der Waals surface area (Å²) < 4.78 is 18.1. The first-order valence-corrected chi connectivity index (χ1v) is 11.0. The molecule has 0 unspecified atom stereocenters. The lowest BCUT2D eigenvalue weighted by Gasteiger charge is -2.34. The molecule has 0 radical (unpaired) electrons. The van der Waals surface area contributed by atoms with Gasteiger partial charge in [-0.05, 0) is 34.5 Å². The molecular weight excluding hydrogens is 384 g/mol. The SMILES string of the molecule is COCCn1nnnc1[C@@H](CC(C)C)[NH+]1CC[NH+](Cc2ccc3c(c2)OCO3)CC1. The average Bonchev–Trinajstić information content (AvgIpc) is 3.40. The number of piperazine rings is 1. The maximum Gasteiger partial charge on any atom is 0.231 e. The van der Waals surface area contributed by atoms with Gasteiger partial charge in [-0.15, -0.1) is 5.10 Å². The van der Waals surface area contributed by atoms with E-state index in [-0.39, 0.29) is 0 Å². The number of hydrogen-bond acceptors (Lipinski definition) is 6. The van der Waals surface area contributed by atoms with Gasteiger partial charge in [0, 0.05) is 19.1 Å². The van der Waals surface area contributed by atoms with Gasteiger partial charge in [-0.3, -0.25) is 0 Å². The van der Waals surface area contributed by atoms with Crippen molar-refractivity contribution in [1.82, 2.24) is 20.2 Å². The second-order valence-corrected chi connectivity index (χ2v) is 8.71. The van der Waals surface area contributed by atoms with Gasteiger partial charge in [0.05, 0.1) is 13.2 Å². The van der Waals surface area contributed by atoms with E-state index in [1.54, 1.807) is 16.9 Å². The van der Waals surface area contributed by atoms with Crippen LogP contribution in [0, 0.1) is 5.92 Å². The zero-order chi connectivity index (χ0) is 20.9. The number of rotatable bonds is 9. The Balaban J connectivity index is 1.38. The molecule has 1 aromatic heterocycles. The van der Waals surface area contributed by atoms with Crippen LogP contribution in [0.2, 0.25) is 0 Å². The van der Waals surface area contributed by atoms with Crippen LogP contribution in [0.1, 0.15) is 37.7 Å². The monoisotopic (exact) mass is 418 g/mol. The number of hydrogen-bond donors (Lipinski definition) is 2. The van der Waals surface area contributed by atoms with Gasteiger partial charge in [0.15, 0.2) is 17.5 Å². The van der Waals surface area contributed by atoms with Crippen LogP contribution in [0.5, 0.6) is 11.5 Å². The summed E-state index contributed by atoms with van der Waals surface area (Å²) >= 11 is 0. The second kappa shape index (κ2) is 9.72. The number of benzene rings is 1. The van der Waals surface area contributed by atoms with Crippen molar-refractivity contribution in [2.75, 3.05) is 46.7 Å². The summed E-state index contributed by atoms with van der Waals surface area (Å²) in [4.78, 5) is 3.20. The van der Waals surface area contributed by atoms with E-state index < -0.39 is 0 Å². The Kier molecular flexibility index (Phi) is 6.81. The highest BCUT2D eigenvalue weighted by Crippen LogP contribution is 2.32. The predicted octanol–water partition coefficient (Wildman–Crippen LogP) is -0.881. The van der Waals surface area contributed by atoms with Crippen molar-refractivity contribution in [3.63, 3.8) is 0 Å². The first-order chi connectivity index (χ1) is 14.6. The van der Waals surface area contributed by atoms with Crippen molar-refractivity contribution < 1.29 is 24.0 Å². The van der Waals surface area contributed by atoms with Crippen LogP contribution in [0.4, 0.5) is 0 Å². The molecule has 9 nitrogen and oxygen atoms in total. The first kappa shape index (κ1) is 21.0. The van der Waals surface area contributed by atoms with Crippen molar-refractivity contribution in [3.8, 4) is 11.5 Å². The topological polar surface area (TPSA) is 80.2 Å². The van der Waals surface area contributed by atoms with Crippen molar-refractivity contribution >= 4 is 0 Å². The minimum absolute atomic E-state index is 0.323. The summed E-state index contributed by atoms with van der Waals surface area (Å²) in [5.74, 6) is 3.31. The highest BCUT2D eigenvalue weighted by molar-refractivity contribution is 5.44. The van der Waals surface area contributed by atoms with Crippen molar-refractivity contribution in [2.24, 2.45) is 5.92 Å². The van der Waals surface area contributed by atoms with Gasteiger partial charge in [0.2, 0.25) is 12.6 Å². The molecule has 1 saturated heterocycles. The summed E-state index contributed by atoms with van der Waals surface area (Å²) in [5.41, 5.74) is 1.31. The Morgan fingerprint density at radius 2 is 1.93 bits per heavy atom. The van der Waals surface area contributed by atoms with Gasteiger partial charge < -0.3 is 24.0 Å². The van der Waals surface area contributed by atoms with E-state index in [2.05, 4.69) is 41.5 Å².